The molecule has 3 rings (SSSR count). The van der Waals surface area contributed by atoms with Gasteiger partial charge in [0.15, 0.2) is 5.82 Å². The Hall–Kier alpha value is -1.83. The summed E-state index contributed by atoms with van der Waals surface area (Å²) >= 11 is 16.3. The highest BCUT2D eigenvalue weighted by molar-refractivity contribution is 9.11. The van der Waals surface area contributed by atoms with Gasteiger partial charge < -0.3 is 5.32 Å². The zero-order valence-electron chi connectivity index (χ0n) is 16.0. The number of nitrogens with zero attached hydrogens (tertiary/aromatic N) is 4. The van der Waals surface area contributed by atoms with Gasteiger partial charge in [-0.05, 0) is 56.1 Å². The van der Waals surface area contributed by atoms with Crippen LogP contribution < -0.4 is 10.9 Å². The lowest BCUT2D eigenvalue weighted by molar-refractivity contribution is -0.0281. The van der Waals surface area contributed by atoms with Crippen molar-refractivity contribution in [1.82, 2.24) is 25.4 Å². The molecule has 2 amide bonds. The molecule has 0 aliphatic carbocycles. The second-order valence-corrected chi connectivity index (χ2v) is 8.99. The summed E-state index contributed by atoms with van der Waals surface area (Å²) in [4.78, 5) is 35.0. The number of amides is 2. The summed E-state index contributed by atoms with van der Waals surface area (Å²) in [5, 5.41) is 8.48. The number of benzene rings is 1. The standard InChI is InChI=1S/C18H14Br3ClN6O3/c1-27(26-31-2)18(30)10-6-9(19)7-11(20)15(10)24-17(29)13-8-14(21)25-28(13)16-12(22)4-3-5-23-16/h3-8,26H,1-2H3,(H,24,29). The van der Waals surface area contributed by atoms with Crippen LogP contribution in [0.2, 0.25) is 5.02 Å². The number of hydrogen-bond acceptors (Lipinski definition) is 6. The fourth-order valence-corrected chi connectivity index (χ4v) is 4.52. The molecule has 0 fully saturated rings. The molecule has 2 aromatic heterocycles. The number of hydrazine groups is 1. The quantitative estimate of drug-likeness (QED) is 0.384. The van der Waals surface area contributed by atoms with Crippen LogP contribution in [0.4, 0.5) is 5.69 Å². The number of aromatic nitrogens is 3. The van der Waals surface area contributed by atoms with Gasteiger partial charge in [0, 0.05) is 28.3 Å². The van der Waals surface area contributed by atoms with E-state index < -0.39 is 11.8 Å². The minimum atomic E-state index is -0.528. The van der Waals surface area contributed by atoms with Crippen LogP contribution in [-0.4, -0.2) is 45.7 Å². The third-order valence-electron chi connectivity index (χ3n) is 3.91. The lowest BCUT2D eigenvalue weighted by atomic mass is 10.1. The summed E-state index contributed by atoms with van der Waals surface area (Å²) in [5.41, 5.74) is 3.06. The maximum Gasteiger partial charge on any atom is 0.274 e. The molecule has 0 radical (unpaired) electrons. The summed E-state index contributed by atoms with van der Waals surface area (Å²) < 4.78 is 2.86. The Morgan fingerprint density at radius 3 is 2.65 bits per heavy atom. The summed E-state index contributed by atoms with van der Waals surface area (Å²) in [6, 6.07) is 8.12. The summed E-state index contributed by atoms with van der Waals surface area (Å²) in [6.45, 7) is 0. The number of rotatable bonds is 6. The van der Waals surface area contributed by atoms with E-state index in [2.05, 4.69) is 68.8 Å². The van der Waals surface area contributed by atoms with E-state index in [4.69, 9.17) is 16.4 Å². The van der Waals surface area contributed by atoms with Crippen LogP contribution >= 0.6 is 59.4 Å². The smallest absolute Gasteiger partial charge is 0.274 e. The van der Waals surface area contributed by atoms with Gasteiger partial charge >= 0.3 is 0 Å². The third kappa shape index (κ3) is 5.33. The van der Waals surface area contributed by atoms with Gasteiger partial charge in [-0.2, -0.15) is 5.10 Å². The fraction of sp³-hybridized carbons (Fsp3) is 0.111. The SMILES string of the molecule is CONN(C)C(=O)c1cc(Br)cc(Br)c1NC(=O)c1cc(Br)nn1-c1ncccc1Cl. The lowest BCUT2D eigenvalue weighted by Crippen LogP contribution is -2.39. The van der Waals surface area contributed by atoms with Crippen molar-refractivity contribution < 1.29 is 14.4 Å². The van der Waals surface area contributed by atoms with Crippen molar-refractivity contribution in [2.45, 2.75) is 0 Å². The molecular formula is C18H14Br3ClN6O3. The molecule has 0 bridgehead atoms. The number of hydrogen-bond donors (Lipinski definition) is 2. The molecule has 0 aliphatic rings. The highest BCUT2D eigenvalue weighted by Crippen LogP contribution is 2.32. The molecule has 0 aliphatic heterocycles. The summed E-state index contributed by atoms with van der Waals surface area (Å²) in [6.07, 6.45) is 1.54. The van der Waals surface area contributed by atoms with Crippen molar-refractivity contribution in [3.05, 3.63) is 66.4 Å². The predicted octanol–water partition coefficient (Wildman–Crippen LogP) is 4.60. The molecule has 2 N–H and O–H groups in total. The van der Waals surface area contributed by atoms with E-state index in [1.54, 1.807) is 30.5 Å². The minimum Gasteiger partial charge on any atom is -0.319 e. The first-order chi connectivity index (χ1) is 14.7. The van der Waals surface area contributed by atoms with Crippen molar-refractivity contribution in [1.29, 1.82) is 0 Å². The first kappa shape index (κ1) is 23.8. The number of pyridine rings is 1. The van der Waals surface area contributed by atoms with Crippen LogP contribution in [-0.2, 0) is 4.84 Å². The Kier molecular flexibility index (Phi) is 7.83. The van der Waals surface area contributed by atoms with Crippen molar-refractivity contribution in [2.75, 3.05) is 19.5 Å². The predicted molar refractivity (Wildman–Crippen MR) is 126 cm³/mol. The van der Waals surface area contributed by atoms with Gasteiger partial charge in [0.05, 0.1) is 23.4 Å². The second-order valence-electron chi connectivity index (χ2n) is 6.00. The molecule has 1 aromatic carbocycles. The van der Waals surface area contributed by atoms with Gasteiger partial charge in [0.1, 0.15) is 10.3 Å². The average molecular weight is 638 g/mol. The van der Waals surface area contributed by atoms with E-state index in [1.165, 1.54) is 24.9 Å². The van der Waals surface area contributed by atoms with Gasteiger partial charge in [-0.15, -0.1) is 5.59 Å². The normalized spacial score (nSPS) is 10.8. The molecule has 0 saturated heterocycles. The summed E-state index contributed by atoms with van der Waals surface area (Å²) in [7, 11) is 2.87. The first-order valence-electron chi connectivity index (χ1n) is 8.46. The molecule has 0 saturated carbocycles. The summed E-state index contributed by atoms with van der Waals surface area (Å²) in [5.74, 6) is -0.684. The van der Waals surface area contributed by atoms with Gasteiger partial charge in [-0.25, -0.2) is 9.67 Å². The molecule has 162 valence electrons. The van der Waals surface area contributed by atoms with E-state index in [0.717, 1.165) is 5.01 Å². The monoisotopic (exact) mass is 634 g/mol. The Labute approximate surface area is 207 Å². The minimum absolute atomic E-state index is 0.157. The number of carbonyl (C=O) groups excluding carboxylic acids is 2. The zero-order valence-corrected chi connectivity index (χ0v) is 21.5. The number of halogens is 4. The largest absolute Gasteiger partial charge is 0.319 e. The number of carbonyl (C=O) groups is 2. The number of anilines is 1. The van der Waals surface area contributed by atoms with Gasteiger partial charge in [-0.3, -0.25) is 19.4 Å². The van der Waals surface area contributed by atoms with E-state index in [1.807, 2.05) is 0 Å². The Bertz CT molecular complexity index is 1160. The Morgan fingerprint density at radius 2 is 1.97 bits per heavy atom. The van der Waals surface area contributed by atoms with Gasteiger partial charge in [0.2, 0.25) is 0 Å². The van der Waals surface area contributed by atoms with Crippen LogP contribution in [0.5, 0.6) is 0 Å². The molecular weight excluding hydrogens is 623 g/mol. The molecule has 3 aromatic rings. The third-order valence-corrected chi connectivity index (χ3v) is 5.67. The Morgan fingerprint density at radius 1 is 1.23 bits per heavy atom. The van der Waals surface area contributed by atoms with Gasteiger partial charge in [0.25, 0.3) is 11.8 Å². The molecule has 9 nitrogen and oxygen atoms in total. The molecule has 0 atom stereocenters. The molecule has 2 heterocycles. The molecule has 31 heavy (non-hydrogen) atoms. The maximum atomic E-state index is 13.2. The Balaban J connectivity index is 2.02. The van der Waals surface area contributed by atoms with Crippen LogP contribution in [0.3, 0.4) is 0 Å². The van der Waals surface area contributed by atoms with Crippen LogP contribution in [0.1, 0.15) is 20.8 Å². The first-order valence-corrected chi connectivity index (χ1v) is 11.2. The van der Waals surface area contributed by atoms with E-state index >= 15 is 0 Å². The van der Waals surface area contributed by atoms with Crippen LogP contribution in [0.15, 0.2) is 50.1 Å². The van der Waals surface area contributed by atoms with Crippen molar-refractivity contribution in [2.24, 2.45) is 0 Å². The highest BCUT2D eigenvalue weighted by atomic mass is 79.9. The van der Waals surface area contributed by atoms with Crippen molar-refractivity contribution in [3.63, 3.8) is 0 Å². The van der Waals surface area contributed by atoms with Crippen molar-refractivity contribution in [3.8, 4) is 5.82 Å². The number of nitrogens with one attached hydrogen (secondary N) is 2. The molecule has 0 unspecified atom stereocenters. The molecule has 0 spiro atoms. The van der Waals surface area contributed by atoms with Gasteiger partial charge in [-0.1, -0.05) is 27.5 Å². The van der Waals surface area contributed by atoms with Crippen molar-refractivity contribution >= 4 is 76.9 Å². The maximum absolute atomic E-state index is 13.2. The lowest BCUT2D eigenvalue weighted by Gasteiger charge is -2.20. The van der Waals surface area contributed by atoms with E-state index in [0.29, 0.717) is 18.6 Å². The zero-order chi connectivity index (χ0) is 22.7. The second kappa shape index (κ2) is 10.2. The fourth-order valence-electron chi connectivity index (χ4n) is 2.61. The van der Waals surface area contributed by atoms with E-state index in [9.17, 15) is 9.59 Å². The average Bonchev–Trinajstić information content (AvgIpc) is 3.11. The topological polar surface area (TPSA) is 101 Å². The van der Waals surface area contributed by atoms with E-state index in [-0.39, 0.29) is 22.8 Å². The van der Waals surface area contributed by atoms with Crippen LogP contribution in [0, 0.1) is 0 Å². The van der Waals surface area contributed by atoms with Crippen LogP contribution in [0.25, 0.3) is 5.82 Å². The highest BCUT2D eigenvalue weighted by Gasteiger charge is 2.24. The molecule has 13 heteroatoms.